The Kier molecular flexibility index (Phi) is 5.53. The quantitative estimate of drug-likeness (QED) is 0.448. The number of hydrogen-bond donors (Lipinski definition) is 1. The molecule has 0 aliphatic heterocycles. The number of nitro groups is 1. The van der Waals surface area contributed by atoms with Crippen molar-refractivity contribution in [3.63, 3.8) is 0 Å². The first kappa shape index (κ1) is 16.5. The molecular weight excluding hydrogens is 256 g/mol. The molecule has 6 nitrogen and oxygen atoms in total. The molecule has 0 unspecified atom stereocenters. The number of anilines is 1. The first-order valence-electron chi connectivity index (χ1n) is 7.20. The molecule has 0 radical (unpaired) electrons. The summed E-state index contributed by atoms with van der Waals surface area (Å²) in [6.07, 6.45) is 4.74. The van der Waals surface area contributed by atoms with Crippen LogP contribution in [-0.4, -0.2) is 21.0 Å². The average Bonchev–Trinajstić information content (AvgIpc) is 2.64. The molecule has 0 saturated carbocycles. The monoisotopic (exact) mass is 282 g/mol. The van der Waals surface area contributed by atoms with Crippen molar-refractivity contribution in [3.05, 3.63) is 15.9 Å². The molecule has 1 aromatic rings. The molecule has 0 saturated heterocycles. The lowest BCUT2D eigenvalue weighted by molar-refractivity contribution is -0.388. The highest BCUT2D eigenvalue weighted by Gasteiger charge is 2.25. The van der Waals surface area contributed by atoms with Crippen LogP contribution >= 0.6 is 0 Å². The maximum atomic E-state index is 11.0. The highest BCUT2D eigenvalue weighted by Crippen LogP contribution is 2.28. The van der Waals surface area contributed by atoms with Crippen molar-refractivity contribution >= 4 is 11.6 Å². The predicted octanol–water partition coefficient (Wildman–Crippen LogP) is 3.66. The number of unbranched alkanes of at least 4 members (excludes halogenated alkanes) is 2. The van der Waals surface area contributed by atoms with Crippen LogP contribution in [0.4, 0.5) is 11.6 Å². The third-order valence-corrected chi connectivity index (χ3v) is 3.66. The highest BCUT2D eigenvalue weighted by molar-refractivity contribution is 5.53. The Hall–Kier alpha value is -1.59. The zero-order valence-corrected chi connectivity index (χ0v) is 13.2. The summed E-state index contributed by atoms with van der Waals surface area (Å²) >= 11 is 0. The number of nitrogens with zero attached hydrogens (tertiary/aromatic N) is 3. The van der Waals surface area contributed by atoms with E-state index in [1.807, 2.05) is 0 Å². The van der Waals surface area contributed by atoms with Crippen LogP contribution in [-0.2, 0) is 7.05 Å². The maximum Gasteiger partial charge on any atom is 0.406 e. The first-order valence-corrected chi connectivity index (χ1v) is 7.20. The van der Waals surface area contributed by atoms with Gasteiger partial charge < -0.3 is 15.4 Å². The molecule has 6 heteroatoms. The molecule has 114 valence electrons. The molecule has 0 spiro atoms. The predicted molar refractivity (Wildman–Crippen MR) is 81.0 cm³/mol. The van der Waals surface area contributed by atoms with E-state index in [1.165, 1.54) is 19.3 Å². The molecular formula is C14H26N4O2. The van der Waals surface area contributed by atoms with Gasteiger partial charge in [0.25, 0.3) is 0 Å². The van der Waals surface area contributed by atoms with Gasteiger partial charge in [-0.25, -0.2) is 0 Å². The van der Waals surface area contributed by atoms with Gasteiger partial charge in [0, 0.05) is 20.5 Å². The zero-order chi connectivity index (χ0) is 15.3. The van der Waals surface area contributed by atoms with Gasteiger partial charge in [0.2, 0.25) is 11.6 Å². The Balaban J connectivity index is 2.71. The van der Waals surface area contributed by atoms with E-state index in [1.54, 1.807) is 18.5 Å². The summed E-state index contributed by atoms with van der Waals surface area (Å²) in [5.74, 6) is 1.05. The minimum Gasteiger partial charge on any atom is -0.364 e. The number of aromatic nitrogens is 2. The number of imidazole rings is 1. The Morgan fingerprint density at radius 2 is 2.05 bits per heavy atom. The second kappa shape index (κ2) is 6.72. The smallest absolute Gasteiger partial charge is 0.364 e. The van der Waals surface area contributed by atoms with Gasteiger partial charge in [0.05, 0.1) is 0 Å². The van der Waals surface area contributed by atoms with Gasteiger partial charge in [-0.15, -0.1) is 0 Å². The third kappa shape index (κ3) is 4.21. The zero-order valence-electron chi connectivity index (χ0n) is 13.2. The molecule has 1 N–H and O–H groups in total. The van der Waals surface area contributed by atoms with Crippen LogP contribution in [0.5, 0.6) is 0 Å². The standard InChI is InChI=1S/C14H26N4O2/c1-6-7-8-9-14(3,4)10-15-12-13(18(19)20)16-11(2)17(12)5/h15H,6-10H2,1-5H3. The molecule has 1 heterocycles. The van der Waals surface area contributed by atoms with Gasteiger partial charge in [-0.3, -0.25) is 4.57 Å². The Labute approximate surface area is 120 Å². The molecule has 0 amide bonds. The van der Waals surface area contributed by atoms with E-state index in [4.69, 9.17) is 0 Å². The fraction of sp³-hybridized carbons (Fsp3) is 0.786. The lowest BCUT2D eigenvalue weighted by atomic mass is 9.87. The van der Waals surface area contributed by atoms with Gasteiger partial charge in [-0.1, -0.05) is 40.0 Å². The molecule has 0 bridgehead atoms. The van der Waals surface area contributed by atoms with Gasteiger partial charge in [-0.05, 0) is 21.7 Å². The molecule has 0 aliphatic carbocycles. The Morgan fingerprint density at radius 1 is 1.40 bits per heavy atom. The molecule has 1 aromatic heterocycles. The minimum atomic E-state index is -0.431. The van der Waals surface area contributed by atoms with E-state index in [0.717, 1.165) is 6.42 Å². The summed E-state index contributed by atoms with van der Waals surface area (Å²) in [7, 11) is 1.79. The Bertz CT molecular complexity index is 466. The van der Waals surface area contributed by atoms with Crippen molar-refractivity contribution in [3.8, 4) is 0 Å². The number of aryl methyl sites for hydroxylation is 1. The number of hydrogen-bond acceptors (Lipinski definition) is 4. The van der Waals surface area contributed by atoms with E-state index in [2.05, 4.69) is 31.1 Å². The number of rotatable bonds is 8. The summed E-state index contributed by atoms with van der Waals surface area (Å²) in [5.41, 5.74) is 0.112. The van der Waals surface area contributed by atoms with Crippen molar-refractivity contribution < 1.29 is 4.92 Å². The lowest BCUT2D eigenvalue weighted by Gasteiger charge is -2.25. The average molecular weight is 282 g/mol. The molecule has 1 rings (SSSR count). The molecule has 0 aromatic carbocycles. The van der Waals surface area contributed by atoms with E-state index in [0.29, 0.717) is 18.2 Å². The number of nitrogens with one attached hydrogen (secondary N) is 1. The normalized spacial score (nSPS) is 11.7. The summed E-state index contributed by atoms with van der Waals surface area (Å²) in [4.78, 5) is 14.6. The van der Waals surface area contributed by atoms with Gasteiger partial charge in [0.15, 0.2) is 0 Å². The Morgan fingerprint density at radius 3 is 2.60 bits per heavy atom. The SMILES string of the molecule is CCCCCC(C)(C)CNc1c([N+](=O)[O-])nc(C)n1C. The fourth-order valence-electron chi connectivity index (χ4n) is 2.18. The van der Waals surface area contributed by atoms with Crippen LogP contribution in [0.2, 0.25) is 0 Å². The van der Waals surface area contributed by atoms with Crippen LogP contribution in [0.15, 0.2) is 0 Å². The first-order chi connectivity index (χ1) is 9.28. The van der Waals surface area contributed by atoms with Crippen molar-refractivity contribution in [2.24, 2.45) is 12.5 Å². The summed E-state index contributed by atoms with van der Waals surface area (Å²) in [6.45, 7) is 9.03. The van der Waals surface area contributed by atoms with E-state index in [-0.39, 0.29) is 11.2 Å². The molecule has 0 fully saturated rings. The third-order valence-electron chi connectivity index (χ3n) is 3.66. The van der Waals surface area contributed by atoms with Gasteiger partial charge in [-0.2, -0.15) is 0 Å². The highest BCUT2D eigenvalue weighted by atomic mass is 16.6. The molecule has 0 atom stereocenters. The van der Waals surface area contributed by atoms with E-state index < -0.39 is 4.92 Å². The largest absolute Gasteiger partial charge is 0.406 e. The topological polar surface area (TPSA) is 73.0 Å². The second-order valence-electron chi connectivity index (χ2n) is 6.12. The van der Waals surface area contributed by atoms with Crippen molar-refractivity contribution in [2.45, 2.75) is 53.4 Å². The van der Waals surface area contributed by atoms with Crippen molar-refractivity contribution in [1.82, 2.24) is 9.55 Å². The van der Waals surface area contributed by atoms with Crippen LogP contribution in [0.1, 0.15) is 52.3 Å². The van der Waals surface area contributed by atoms with Gasteiger partial charge in [0.1, 0.15) is 0 Å². The summed E-state index contributed by atoms with van der Waals surface area (Å²) in [5, 5.41) is 14.2. The fourth-order valence-corrected chi connectivity index (χ4v) is 2.18. The van der Waals surface area contributed by atoms with Crippen molar-refractivity contribution in [2.75, 3.05) is 11.9 Å². The van der Waals surface area contributed by atoms with Crippen LogP contribution in [0.25, 0.3) is 0 Å². The van der Waals surface area contributed by atoms with E-state index >= 15 is 0 Å². The van der Waals surface area contributed by atoms with E-state index in [9.17, 15) is 10.1 Å². The van der Waals surface area contributed by atoms with Crippen LogP contribution < -0.4 is 5.32 Å². The van der Waals surface area contributed by atoms with Crippen LogP contribution in [0.3, 0.4) is 0 Å². The second-order valence-corrected chi connectivity index (χ2v) is 6.12. The minimum absolute atomic E-state index is 0.0886. The summed E-state index contributed by atoms with van der Waals surface area (Å²) in [6, 6.07) is 0. The lowest BCUT2D eigenvalue weighted by Crippen LogP contribution is -2.24. The molecule has 0 aliphatic rings. The van der Waals surface area contributed by atoms with Crippen molar-refractivity contribution in [1.29, 1.82) is 0 Å². The molecule has 20 heavy (non-hydrogen) atoms. The van der Waals surface area contributed by atoms with Crippen LogP contribution in [0, 0.1) is 22.5 Å². The van der Waals surface area contributed by atoms with Gasteiger partial charge >= 0.3 is 5.82 Å². The maximum absolute atomic E-state index is 11.0. The summed E-state index contributed by atoms with van der Waals surface area (Å²) < 4.78 is 1.74.